The quantitative estimate of drug-likeness (QED) is 0.750. The zero-order valence-electron chi connectivity index (χ0n) is 14.2. The summed E-state index contributed by atoms with van der Waals surface area (Å²) >= 11 is 0. The molecule has 1 heterocycles. The van der Waals surface area contributed by atoms with Crippen molar-refractivity contribution >= 4 is 22.6 Å². The van der Waals surface area contributed by atoms with Crippen LogP contribution in [-0.2, 0) is 4.79 Å². The Hall–Kier alpha value is -3.08. The van der Waals surface area contributed by atoms with Crippen LogP contribution in [0.4, 0.5) is 0 Å². The summed E-state index contributed by atoms with van der Waals surface area (Å²) in [6, 6.07) is 14.9. The molecule has 128 valence electrons. The number of furan rings is 1. The Bertz CT molecular complexity index is 887. The molecule has 3 rings (SSSR count). The average molecular weight is 336 g/mol. The maximum atomic E-state index is 12.3. The molecular weight excluding hydrogens is 316 g/mol. The van der Waals surface area contributed by atoms with Crippen LogP contribution < -0.4 is 10.6 Å². The number of carbonyl (C=O) groups is 2. The van der Waals surface area contributed by atoms with Gasteiger partial charge >= 0.3 is 0 Å². The first-order chi connectivity index (χ1) is 12.0. The first kappa shape index (κ1) is 16.8. The predicted octanol–water partition coefficient (Wildman–Crippen LogP) is 3.43. The number of carbonyl (C=O) groups excluding carboxylic acids is 2. The SMILES string of the molecule is CC(NC(=O)c1ccoc1)C(=O)NC(C)c1ccc2ccccc2c1. The van der Waals surface area contributed by atoms with Crippen LogP contribution in [0.2, 0.25) is 0 Å². The Labute approximate surface area is 146 Å². The van der Waals surface area contributed by atoms with Crippen LogP contribution in [0.5, 0.6) is 0 Å². The Morgan fingerprint density at radius 1 is 0.960 bits per heavy atom. The summed E-state index contributed by atoms with van der Waals surface area (Å²) in [6.07, 6.45) is 2.76. The lowest BCUT2D eigenvalue weighted by Gasteiger charge is -2.19. The molecule has 0 bridgehead atoms. The summed E-state index contributed by atoms with van der Waals surface area (Å²) < 4.78 is 4.87. The first-order valence-corrected chi connectivity index (χ1v) is 8.17. The third kappa shape index (κ3) is 3.88. The van der Waals surface area contributed by atoms with Crippen LogP contribution >= 0.6 is 0 Å². The second-order valence-electron chi connectivity index (χ2n) is 6.04. The Morgan fingerprint density at radius 3 is 2.44 bits per heavy atom. The molecular formula is C20H20N2O3. The number of benzene rings is 2. The highest BCUT2D eigenvalue weighted by molar-refractivity contribution is 5.97. The molecule has 0 spiro atoms. The van der Waals surface area contributed by atoms with Gasteiger partial charge in [0.05, 0.1) is 17.9 Å². The minimum atomic E-state index is -0.648. The maximum absolute atomic E-state index is 12.3. The van der Waals surface area contributed by atoms with Crippen molar-refractivity contribution in [2.24, 2.45) is 0 Å². The molecule has 0 aliphatic carbocycles. The lowest BCUT2D eigenvalue weighted by Crippen LogP contribution is -2.45. The molecule has 0 radical (unpaired) electrons. The number of hydrogen-bond donors (Lipinski definition) is 2. The molecule has 2 unspecified atom stereocenters. The molecule has 2 amide bonds. The van der Waals surface area contributed by atoms with Gasteiger partial charge in [-0.1, -0.05) is 36.4 Å². The van der Waals surface area contributed by atoms with E-state index in [0.29, 0.717) is 5.56 Å². The van der Waals surface area contributed by atoms with Gasteiger partial charge < -0.3 is 15.1 Å². The van der Waals surface area contributed by atoms with Crippen molar-refractivity contribution in [3.63, 3.8) is 0 Å². The van der Waals surface area contributed by atoms with Gasteiger partial charge in [-0.05, 0) is 42.3 Å². The molecule has 5 heteroatoms. The molecule has 2 atom stereocenters. The van der Waals surface area contributed by atoms with E-state index in [1.165, 1.54) is 12.5 Å². The van der Waals surface area contributed by atoms with Crippen molar-refractivity contribution in [3.05, 3.63) is 72.2 Å². The van der Waals surface area contributed by atoms with Gasteiger partial charge in [-0.2, -0.15) is 0 Å². The van der Waals surface area contributed by atoms with E-state index in [4.69, 9.17) is 4.42 Å². The zero-order valence-corrected chi connectivity index (χ0v) is 14.2. The van der Waals surface area contributed by atoms with Crippen molar-refractivity contribution in [2.75, 3.05) is 0 Å². The fourth-order valence-corrected chi connectivity index (χ4v) is 2.64. The number of rotatable bonds is 5. The number of fused-ring (bicyclic) bond motifs is 1. The Balaban J connectivity index is 1.63. The van der Waals surface area contributed by atoms with Gasteiger partial charge in [-0.3, -0.25) is 9.59 Å². The molecule has 2 aromatic carbocycles. The van der Waals surface area contributed by atoms with Gasteiger partial charge in [0.25, 0.3) is 5.91 Å². The largest absolute Gasteiger partial charge is 0.472 e. The normalized spacial score (nSPS) is 13.2. The highest BCUT2D eigenvalue weighted by atomic mass is 16.3. The van der Waals surface area contributed by atoms with E-state index < -0.39 is 6.04 Å². The summed E-state index contributed by atoms with van der Waals surface area (Å²) in [5, 5.41) is 7.88. The van der Waals surface area contributed by atoms with Crippen LogP contribution in [-0.4, -0.2) is 17.9 Å². The molecule has 0 aliphatic heterocycles. The Kier molecular flexibility index (Phi) is 4.84. The van der Waals surface area contributed by atoms with Crippen molar-refractivity contribution < 1.29 is 14.0 Å². The molecule has 3 aromatic rings. The highest BCUT2D eigenvalue weighted by Gasteiger charge is 2.19. The van der Waals surface area contributed by atoms with Gasteiger partial charge in [-0.25, -0.2) is 0 Å². The highest BCUT2D eigenvalue weighted by Crippen LogP contribution is 2.20. The van der Waals surface area contributed by atoms with E-state index in [-0.39, 0.29) is 17.9 Å². The fraction of sp³-hybridized carbons (Fsp3) is 0.200. The van der Waals surface area contributed by atoms with Crippen LogP contribution in [0.15, 0.2) is 65.5 Å². The predicted molar refractivity (Wildman–Crippen MR) is 96.1 cm³/mol. The molecule has 0 aliphatic rings. The molecule has 5 nitrogen and oxygen atoms in total. The molecule has 25 heavy (non-hydrogen) atoms. The van der Waals surface area contributed by atoms with Gasteiger partial charge in [0.15, 0.2) is 0 Å². The summed E-state index contributed by atoms with van der Waals surface area (Å²) in [5.74, 6) is -0.577. The van der Waals surface area contributed by atoms with Crippen LogP contribution in [0.25, 0.3) is 10.8 Å². The molecule has 1 aromatic heterocycles. The maximum Gasteiger partial charge on any atom is 0.255 e. The van der Waals surface area contributed by atoms with Crippen molar-refractivity contribution in [1.29, 1.82) is 0 Å². The summed E-state index contributed by atoms with van der Waals surface area (Å²) in [6.45, 7) is 3.58. The third-order valence-corrected chi connectivity index (χ3v) is 4.16. The van der Waals surface area contributed by atoms with Crippen molar-refractivity contribution in [1.82, 2.24) is 10.6 Å². The minimum Gasteiger partial charge on any atom is -0.472 e. The number of amides is 2. The van der Waals surface area contributed by atoms with Crippen LogP contribution in [0.3, 0.4) is 0 Å². The summed E-state index contributed by atoms with van der Waals surface area (Å²) in [7, 11) is 0. The van der Waals surface area contributed by atoms with E-state index in [0.717, 1.165) is 16.3 Å². The van der Waals surface area contributed by atoms with E-state index in [1.807, 2.05) is 37.3 Å². The van der Waals surface area contributed by atoms with Crippen molar-refractivity contribution in [3.8, 4) is 0 Å². The van der Waals surface area contributed by atoms with Gasteiger partial charge in [0, 0.05) is 0 Å². The zero-order chi connectivity index (χ0) is 17.8. The minimum absolute atomic E-state index is 0.162. The lowest BCUT2D eigenvalue weighted by molar-refractivity contribution is -0.123. The van der Waals surface area contributed by atoms with E-state index in [1.54, 1.807) is 13.0 Å². The standard InChI is InChI=1S/C20H20N2O3/c1-13(16-8-7-15-5-3-4-6-17(15)11-16)21-19(23)14(2)22-20(24)18-9-10-25-12-18/h3-14H,1-2H3,(H,21,23)(H,22,24). The van der Waals surface area contributed by atoms with Crippen molar-refractivity contribution in [2.45, 2.75) is 25.9 Å². The van der Waals surface area contributed by atoms with Gasteiger partial charge in [-0.15, -0.1) is 0 Å². The van der Waals surface area contributed by atoms with Gasteiger partial charge in [0.1, 0.15) is 12.3 Å². The van der Waals surface area contributed by atoms with E-state index in [2.05, 4.69) is 22.8 Å². The van der Waals surface area contributed by atoms with Gasteiger partial charge in [0.2, 0.25) is 5.91 Å². The average Bonchev–Trinajstić information content (AvgIpc) is 3.16. The Morgan fingerprint density at radius 2 is 1.72 bits per heavy atom. The second-order valence-corrected chi connectivity index (χ2v) is 6.04. The second kappa shape index (κ2) is 7.21. The smallest absolute Gasteiger partial charge is 0.255 e. The monoisotopic (exact) mass is 336 g/mol. The fourth-order valence-electron chi connectivity index (χ4n) is 2.64. The molecule has 2 N–H and O–H groups in total. The molecule has 0 saturated heterocycles. The summed E-state index contributed by atoms with van der Waals surface area (Å²) in [5.41, 5.74) is 1.41. The van der Waals surface area contributed by atoms with Crippen LogP contribution in [0, 0.1) is 0 Å². The number of hydrogen-bond acceptors (Lipinski definition) is 3. The first-order valence-electron chi connectivity index (χ1n) is 8.17. The summed E-state index contributed by atoms with van der Waals surface area (Å²) in [4.78, 5) is 24.3. The number of nitrogens with one attached hydrogen (secondary N) is 2. The lowest BCUT2D eigenvalue weighted by atomic mass is 10.0. The molecule has 0 saturated carbocycles. The van der Waals surface area contributed by atoms with E-state index >= 15 is 0 Å². The van der Waals surface area contributed by atoms with E-state index in [9.17, 15) is 9.59 Å². The topological polar surface area (TPSA) is 71.3 Å². The third-order valence-electron chi connectivity index (χ3n) is 4.16. The molecule has 0 fully saturated rings. The van der Waals surface area contributed by atoms with Crippen LogP contribution in [0.1, 0.15) is 35.8 Å².